The lowest BCUT2D eigenvalue weighted by atomic mass is 10.1. The van der Waals surface area contributed by atoms with Crippen LogP contribution in [0.25, 0.3) is 0 Å². The molecule has 2 aromatic rings. The van der Waals surface area contributed by atoms with E-state index in [0.29, 0.717) is 23.4 Å². The van der Waals surface area contributed by atoms with Crippen molar-refractivity contribution in [2.24, 2.45) is 0 Å². The van der Waals surface area contributed by atoms with Gasteiger partial charge in [-0.2, -0.15) is 0 Å². The van der Waals surface area contributed by atoms with E-state index in [2.05, 4.69) is 10.6 Å². The van der Waals surface area contributed by atoms with Crippen LogP contribution < -0.4 is 10.6 Å². The molecule has 3 rings (SSSR count). The Hall–Kier alpha value is -2.66. The average Bonchev–Trinajstić information content (AvgIpc) is 3.16. The van der Waals surface area contributed by atoms with Gasteiger partial charge < -0.3 is 15.4 Å². The summed E-state index contributed by atoms with van der Waals surface area (Å²) in [4.78, 5) is 25.1. The van der Waals surface area contributed by atoms with Crippen LogP contribution in [0.15, 0.2) is 42.5 Å². The lowest BCUT2D eigenvalue weighted by Gasteiger charge is -2.14. The van der Waals surface area contributed by atoms with E-state index in [9.17, 15) is 9.59 Å². The van der Waals surface area contributed by atoms with Crippen molar-refractivity contribution in [1.29, 1.82) is 0 Å². The van der Waals surface area contributed by atoms with Gasteiger partial charge in [-0.25, -0.2) is 0 Å². The minimum absolute atomic E-state index is 0.0798. The number of nitrogens with one attached hydrogen (secondary N) is 2. The van der Waals surface area contributed by atoms with Crippen LogP contribution in [0.5, 0.6) is 0 Å². The minimum atomic E-state index is -0.229. The van der Waals surface area contributed by atoms with E-state index in [1.165, 1.54) is 0 Å². The first kappa shape index (κ1) is 18.1. The van der Waals surface area contributed by atoms with Crippen LogP contribution in [-0.4, -0.2) is 31.1 Å². The Morgan fingerprint density at radius 2 is 1.88 bits per heavy atom. The van der Waals surface area contributed by atoms with Gasteiger partial charge in [0.05, 0.1) is 17.4 Å². The SMILES string of the molecule is Cc1ccc(C(=O)Nc2ccccc2C(=O)NC[C@H]2CCCO2)cc1C. The first-order valence-electron chi connectivity index (χ1n) is 8.92. The molecule has 1 aliphatic heterocycles. The van der Waals surface area contributed by atoms with Crippen molar-refractivity contribution in [2.45, 2.75) is 32.8 Å². The van der Waals surface area contributed by atoms with Gasteiger partial charge in [0.25, 0.3) is 11.8 Å². The van der Waals surface area contributed by atoms with Gasteiger partial charge in [-0.05, 0) is 62.1 Å². The third-order valence-electron chi connectivity index (χ3n) is 4.70. The summed E-state index contributed by atoms with van der Waals surface area (Å²) in [5, 5.41) is 5.75. The monoisotopic (exact) mass is 352 g/mol. The molecule has 0 saturated carbocycles. The summed E-state index contributed by atoms with van der Waals surface area (Å²) in [7, 11) is 0. The largest absolute Gasteiger partial charge is 0.376 e. The van der Waals surface area contributed by atoms with Crippen LogP contribution in [0, 0.1) is 13.8 Å². The average molecular weight is 352 g/mol. The number of hydrogen-bond donors (Lipinski definition) is 2. The number of carbonyl (C=O) groups is 2. The summed E-state index contributed by atoms with van der Waals surface area (Å²) < 4.78 is 5.53. The molecule has 1 aliphatic rings. The van der Waals surface area contributed by atoms with Gasteiger partial charge in [-0.15, -0.1) is 0 Å². The van der Waals surface area contributed by atoms with Crippen molar-refractivity contribution >= 4 is 17.5 Å². The normalized spacial score (nSPS) is 16.3. The van der Waals surface area contributed by atoms with Crippen molar-refractivity contribution in [1.82, 2.24) is 5.32 Å². The second-order valence-electron chi connectivity index (χ2n) is 6.64. The van der Waals surface area contributed by atoms with Crippen molar-refractivity contribution < 1.29 is 14.3 Å². The number of anilines is 1. The Morgan fingerprint density at radius 3 is 2.62 bits per heavy atom. The van der Waals surface area contributed by atoms with Crippen molar-refractivity contribution in [2.75, 3.05) is 18.5 Å². The van der Waals surface area contributed by atoms with Crippen LogP contribution in [0.3, 0.4) is 0 Å². The summed E-state index contributed by atoms with van der Waals surface area (Å²) in [6.07, 6.45) is 2.07. The highest BCUT2D eigenvalue weighted by Gasteiger charge is 2.18. The lowest BCUT2D eigenvalue weighted by molar-refractivity contribution is 0.0858. The number of aryl methyl sites for hydroxylation is 2. The number of hydrogen-bond acceptors (Lipinski definition) is 3. The van der Waals surface area contributed by atoms with E-state index in [0.717, 1.165) is 30.6 Å². The van der Waals surface area contributed by atoms with Gasteiger partial charge in [-0.3, -0.25) is 9.59 Å². The Bertz CT molecular complexity index is 811. The summed E-state index contributed by atoms with van der Waals surface area (Å²) in [6.45, 7) is 5.21. The number of ether oxygens (including phenoxy) is 1. The minimum Gasteiger partial charge on any atom is -0.376 e. The van der Waals surface area contributed by atoms with Gasteiger partial charge in [0.15, 0.2) is 0 Å². The standard InChI is InChI=1S/C21H24N2O3/c1-14-9-10-16(12-15(14)2)20(24)23-19-8-4-3-7-18(19)21(25)22-13-17-6-5-11-26-17/h3-4,7-10,12,17H,5-6,11,13H2,1-2H3,(H,22,25)(H,23,24)/t17-/m1/s1. The van der Waals surface area contributed by atoms with Crippen LogP contribution in [0.1, 0.15) is 44.7 Å². The zero-order chi connectivity index (χ0) is 18.5. The van der Waals surface area contributed by atoms with Gasteiger partial charge in [0.2, 0.25) is 0 Å². The fourth-order valence-corrected chi connectivity index (χ4v) is 2.97. The highest BCUT2D eigenvalue weighted by molar-refractivity contribution is 6.09. The maximum absolute atomic E-state index is 12.6. The molecule has 0 bridgehead atoms. The molecule has 0 aromatic heterocycles. The molecule has 1 heterocycles. The second-order valence-corrected chi connectivity index (χ2v) is 6.64. The maximum atomic E-state index is 12.6. The maximum Gasteiger partial charge on any atom is 0.255 e. The Labute approximate surface area is 153 Å². The van der Waals surface area contributed by atoms with Crippen LogP contribution in [-0.2, 0) is 4.74 Å². The summed E-state index contributed by atoms with van der Waals surface area (Å²) >= 11 is 0. The molecule has 136 valence electrons. The first-order valence-corrected chi connectivity index (χ1v) is 8.92. The molecule has 2 amide bonds. The quantitative estimate of drug-likeness (QED) is 0.866. The predicted octanol–water partition coefficient (Wildman–Crippen LogP) is 3.46. The van der Waals surface area contributed by atoms with Crippen LogP contribution in [0.4, 0.5) is 5.69 Å². The fraction of sp³-hybridized carbons (Fsp3) is 0.333. The molecule has 1 saturated heterocycles. The van der Waals surface area contributed by atoms with E-state index >= 15 is 0 Å². The van der Waals surface area contributed by atoms with Crippen molar-refractivity contribution in [3.05, 3.63) is 64.7 Å². The molecule has 1 atom stereocenters. The molecule has 0 unspecified atom stereocenters. The molecule has 0 aliphatic carbocycles. The molecular formula is C21H24N2O3. The van der Waals surface area contributed by atoms with E-state index < -0.39 is 0 Å². The van der Waals surface area contributed by atoms with Gasteiger partial charge in [-0.1, -0.05) is 18.2 Å². The summed E-state index contributed by atoms with van der Waals surface area (Å²) in [5.74, 6) is -0.441. The van der Waals surface area contributed by atoms with E-state index in [-0.39, 0.29) is 17.9 Å². The topological polar surface area (TPSA) is 67.4 Å². The van der Waals surface area contributed by atoms with Crippen LogP contribution >= 0.6 is 0 Å². The Balaban J connectivity index is 1.70. The third-order valence-corrected chi connectivity index (χ3v) is 4.70. The zero-order valence-corrected chi connectivity index (χ0v) is 15.2. The van der Waals surface area contributed by atoms with E-state index in [4.69, 9.17) is 4.74 Å². The summed E-state index contributed by atoms with van der Waals surface area (Å²) in [6, 6.07) is 12.6. The molecule has 5 nitrogen and oxygen atoms in total. The highest BCUT2D eigenvalue weighted by Crippen LogP contribution is 2.18. The number of para-hydroxylation sites is 1. The van der Waals surface area contributed by atoms with Crippen molar-refractivity contribution in [3.8, 4) is 0 Å². The first-order chi connectivity index (χ1) is 12.5. The molecule has 5 heteroatoms. The number of rotatable bonds is 5. The molecule has 1 fully saturated rings. The zero-order valence-electron chi connectivity index (χ0n) is 15.2. The Morgan fingerprint density at radius 1 is 1.08 bits per heavy atom. The molecule has 0 spiro atoms. The lowest BCUT2D eigenvalue weighted by Crippen LogP contribution is -2.32. The predicted molar refractivity (Wildman–Crippen MR) is 102 cm³/mol. The molecular weight excluding hydrogens is 328 g/mol. The van der Waals surface area contributed by atoms with E-state index in [1.54, 1.807) is 30.3 Å². The second kappa shape index (κ2) is 8.15. The molecule has 2 aromatic carbocycles. The number of amides is 2. The highest BCUT2D eigenvalue weighted by atomic mass is 16.5. The summed E-state index contributed by atoms with van der Waals surface area (Å²) in [5.41, 5.74) is 3.71. The van der Waals surface area contributed by atoms with Gasteiger partial charge in [0.1, 0.15) is 0 Å². The molecule has 0 radical (unpaired) electrons. The van der Waals surface area contributed by atoms with E-state index in [1.807, 2.05) is 26.0 Å². The van der Waals surface area contributed by atoms with Gasteiger partial charge >= 0.3 is 0 Å². The molecule has 2 N–H and O–H groups in total. The Kier molecular flexibility index (Phi) is 5.68. The van der Waals surface area contributed by atoms with Gasteiger partial charge in [0, 0.05) is 18.7 Å². The smallest absolute Gasteiger partial charge is 0.255 e. The van der Waals surface area contributed by atoms with Crippen LogP contribution in [0.2, 0.25) is 0 Å². The molecule has 26 heavy (non-hydrogen) atoms. The van der Waals surface area contributed by atoms with Crippen molar-refractivity contribution in [3.63, 3.8) is 0 Å². The fourth-order valence-electron chi connectivity index (χ4n) is 2.97. The third kappa shape index (κ3) is 4.29. The number of carbonyl (C=O) groups excluding carboxylic acids is 2. The number of benzene rings is 2.